The van der Waals surface area contributed by atoms with Crippen molar-refractivity contribution < 1.29 is 9.59 Å². The zero-order valence-corrected chi connectivity index (χ0v) is 13.0. The van der Waals surface area contributed by atoms with E-state index in [1.165, 1.54) is 0 Å². The molecule has 1 aromatic heterocycles. The summed E-state index contributed by atoms with van der Waals surface area (Å²) in [6.07, 6.45) is 1.83. The summed E-state index contributed by atoms with van der Waals surface area (Å²) in [5.41, 5.74) is 7.30. The van der Waals surface area contributed by atoms with Crippen molar-refractivity contribution in [3.05, 3.63) is 66.7 Å². The highest BCUT2D eigenvalue weighted by atomic mass is 16.2. The van der Waals surface area contributed by atoms with Gasteiger partial charge in [0.05, 0.1) is 16.6 Å². The standard InChI is InChI=1S/C19H17N3O2/c1-2-7-16(18(20)23)22-19(24)17-12-8-3-5-10-14(12)21-15-11-6-4-9-13(15)17/h2-6,8-11,16H,1,7H2,(H2,20,23)(H,22,24)/t16-/m0/s1. The predicted molar refractivity (Wildman–Crippen MR) is 94.5 cm³/mol. The van der Waals surface area contributed by atoms with Gasteiger partial charge < -0.3 is 11.1 Å². The van der Waals surface area contributed by atoms with Crippen molar-refractivity contribution in [2.75, 3.05) is 0 Å². The molecule has 1 heterocycles. The first kappa shape index (κ1) is 15.7. The maximum Gasteiger partial charge on any atom is 0.253 e. The number of hydrogen-bond acceptors (Lipinski definition) is 3. The van der Waals surface area contributed by atoms with E-state index in [2.05, 4.69) is 16.9 Å². The third kappa shape index (κ3) is 2.84. The fourth-order valence-electron chi connectivity index (χ4n) is 2.73. The molecule has 0 aliphatic heterocycles. The summed E-state index contributed by atoms with van der Waals surface area (Å²) in [6, 6.07) is 14.1. The number of amides is 2. The summed E-state index contributed by atoms with van der Waals surface area (Å²) in [5, 5.41) is 4.17. The van der Waals surface area contributed by atoms with E-state index in [1.807, 2.05) is 48.5 Å². The van der Waals surface area contributed by atoms with E-state index in [9.17, 15) is 9.59 Å². The van der Waals surface area contributed by atoms with Crippen molar-refractivity contribution in [2.45, 2.75) is 12.5 Å². The number of aromatic nitrogens is 1. The number of nitrogens with two attached hydrogens (primary N) is 1. The number of benzene rings is 2. The van der Waals surface area contributed by atoms with Crippen LogP contribution in [0.1, 0.15) is 16.8 Å². The van der Waals surface area contributed by atoms with Crippen LogP contribution < -0.4 is 11.1 Å². The highest BCUT2D eigenvalue weighted by Gasteiger charge is 2.21. The van der Waals surface area contributed by atoms with Crippen molar-refractivity contribution >= 4 is 33.6 Å². The molecule has 120 valence electrons. The van der Waals surface area contributed by atoms with E-state index < -0.39 is 11.9 Å². The van der Waals surface area contributed by atoms with E-state index in [0.29, 0.717) is 5.56 Å². The van der Waals surface area contributed by atoms with Crippen LogP contribution in [-0.4, -0.2) is 22.8 Å². The van der Waals surface area contributed by atoms with Crippen LogP contribution in [0.2, 0.25) is 0 Å². The Balaban J connectivity index is 2.16. The number of primary amides is 1. The molecule has 0 fully saturated rings. The van der Waals surface area contributed by atoms with Gasteiger partial charge in [-0.15, -0.1) is 6.58 Å². The number of nitrogens with one attached hydrogen (secondary N) is 1. The molecular formula is C19H17N3O2. The second-order valence-electron chi connectivity index (χ2n) is 5.47. The Kier molecular flexibility index (Phi) is 4.24. The van der Waals surface area contributed by atoms with Gasteiger partial charge in [-0.2, -0.15) is 0 Å². The van der Waals surface area contributed by atoms with E-state index in [-0.39, 0.29) is 12.3 Å². The van der Waals surface area contributed by atoms with Crippen molar-refractivity contribution in [3.8, 4) is 0 Å². The summed E-state index contributed by atoms with van der Waals surface area (Å²) >= 11 is 0. The van der Waals surface area contributed by atoms with E-state index in [0.717, 1.165) is 21.8 Å². The van der Waals surface area contributed by atoms with E-state index in [1.54, 1.807) is 6.08 Å². The van der Waals surface area contributed by atoms with E-state index in [4.69, 9.17) is 5.73 Å². The van der Waals surface area contributed by atoms with E-state index >= 15 is 0 Å². The van der Waals surface area contributed by atoms with Crippen LogP contribution in [-0.2, 0) is 4.79 Å². The summed E-state index contributed by atoms with van der Waals surface area (Å²) in [4.78, 5) is 29.0. The molecule has 5 heteroatoms. The van der Waals surface area contributed by atoms with Crippen molar-refractivity contribution in [1.82, 2.24) is 10.3 Å². The van der Waals surface area contributed by atoms with Gasteiger partial charge in [-0.1, -0.05) is 42.5 Å². The van der Waals surface area contributed by atoms with Crippen molar-refractivity contribution in [3.63, 3.8) is 0 Å². The monoisotopic (exact) mass is 319 g/mol. The summed E-state index contributed by atoms with van der Waals surface area (Å²) in [6.45, 7) is 3.59. The average Bonchev–Trinajstić information content (AvgIpc) is 2.58. The lowest BCUT2D eigenvalue weighted by atomic mass is 10.0. The van der Waals surface area contributed by atoms with Crippen molar-refractivity contribution in [2.24, 2.45) is 5.73 Å². The molecule has 3 aromatic rings. The van der Waals surface area contributed by atoms with Crippen LogP contribution in [0.4, 0.5) is 0 Å². The van der Waals surface area contributed by atoms with Crippen LogP contribution in [0.3, 0.4) is 0 Å². The number of rotatable bonds is 5. The predicted octanol–water partition coefficient (Wildman–Crippen LogP) is 2.55. The first-order valence-electron chi connectivity index (χ1n) is 7.60. The van der Waals surface area contributed by atoms with Gasteiger partial charge in [-0.05, 0) is 18.6 Å². The van der Waals surface area contributed by atoms with Crippen LogP contribution in [0.15, 0.2) is 61.2 Å². The molecule has 0 radical (unpaired) electrons. The normalized spacial score (nSPS) is 12.0. The van der Waals surface area contributed by atoms with Crippen LogP contribution in [0.5, 0.6) is 0 Å². The van der Waals surface area contributed by atoms with Gasteiger partial charge in [0.15, 0.2) is 0 Å². The van der Waals surface area contributed by atoms with Gasteiger partial charge in [0.1, 0.15) is 6.04 Å². The molecule has 3 N–H and O–H groups in total. The number of fused-ring (bicyclic) bond motifs is 2. The quantitative estimate of drug-likeness (QED) is 0.560. The SMILES string of the molecule is C=CC[C@H](NC(=O)c1c2ccccc2nc2ccccc12)C(N)=O. The molecule has 0 saturated heterocycles. The van der Waals surface area contributed by atoms with Gasteiger partial charge >= 0.3 is 0 Å². The highest BCUT2D eigenvalue weighted by molar-refractivity contribution is 6.16. The first-order chi connectivity index (χ1) is 11.6. The summed E-state index contributed by atoms with van der Waals surface area (Å²) in [7, 11) is 0. The number of carbonyl (C=O) groups is 2. The lowest BCUT2D eigenvalue weighted by Gasteiger charge is -2.16. The number of hydrogen-bond donors (Lipinski definition) is 2. The number of para-hydroxylation sites is 2. The number of carbonyl (C=O) groups excluding carboxylic acids is 2. The summed E-state index contributed by atoms with van der Waals surface area (Å²) < 4.78 is 0. The molecule has 1 atom stereocenters. The fraction of sp³-hybridized carbons (Fsp3) is 0.105. The van der Waals surface area contributed by atoms with Gasteiger partial charge in [-0.25, -0.2) is 4.98 Å². The maximum absolute atomic E-state index is 12.9. The van der Waals surface area contributed by atoms with Gasteiger partial charge in [0.2, 0.25) is 5.91 Å². The van der Waals surface area contributed by atoms with Crippen LogP contribution in [0.25, 0.3) is 21.8 Å². The molecule has 0 aliphatic carbocycles. The minimum absolute atomic E-state index is 0.280. The van der Waals surface area contributed by atoms with Crippen molar-refractivity contribution in [1.29, 1.82) is 0 Å². The molecule has 0 spiro atoms. The molecule has 0 saturated carbocycles. The molecule has 24 heavy (non-hydrogen) atoms. The Bertz CT molecular complexity index is 896. The van der Waals surface area contributed by atoms with Gasteiger partial charge in [-0.3, -0.25) is 9.59 Å². The maximum atomic E-state index is 12.9. The Hall–Kier alpha value is -3.21. The Labute approximate surface area is 139 Å². The second-order valence-corrected chi connectivity index (χ2v) is 5.47. The third-order valence-corrected chi connectivity index (χ3v) is 3.87. The zero-order valence-electron chi connectivity index (χ0n) is 13.0. The molecule has 0 unspecified atom stereocenters. The molecule has 2 aromatic carbocycles. The van der Waals surface area contributed by atoms with Crippen LogP contribution >= 0.6 is 0 Å². The molecular weight excluding hydrogens is 302 g/mol. The summed E-state index contributed by atoms with van der Waals surface area (Å²) in [5.74, 6) is -0.943. The molecule has 5 nitrogen and oxygen atoms in total. The lowest BCUT2D eigenvalue weighted by Crippen LogP contribution is -2.44. The third-order valence-electron chi connectivity index (χ3n) is 3.87. The molecule has 3 rings (SSSR count). The minimum atomic E-state index is -0.791. The Morgan fingerprint density at radius 3 is 2.12 bits per heavy atom. The zero-order chi connectivity index (χ0) is 17.1. The highest BCUT2D eigenvalue weighted by Crippen LogP contribution is 2.25. The average molecular weight is 319 g/mol. The van der Waals surface area contributed by atoms with Gasteiger partial charge in [0, 0.05) is 10.8 Å². The largest absolute Gasteiger partial charge is 0.368 e. The van der Waals surface area contributed by atoms with Crippen LogP contribution in [0, 0.1) is 0 Å². The molecule has 0 bridgehead atoms. The molecule has 0 aliphatic rings. The first-order valence-corrected chi connectivity index (χ1v) is 7.60. The Morgan fingerprint density at radius 1 is 1.08 bits per heavy atom. The molecule has 2 amide bonds. The number of pyridine rings is 1. The lowest BCUT2D eigenvalue weighted by molar-refractivity contribution is -0.119. The second kappa shape index (κ2) is 6.50. The minimum Gasteiger partial charge on any atom is -0.368 e. The fourth-order valence-corrected chi connectivity index (χ4v) is 2.73. The topological polar surface area (TPSA) is 85.1 Å². The smallest absolute Gasteiger partial charge is 0.253 e. The number of nitrogens with zero attached hydrogens (tertiary/aromatic N) is 1. The Morgan fingerprint density at radius 2 is 1.62 bits per heavy atom. The van der Waals surface area contributed by atoms with Gasteiger partial charge in [0.25, 0.3) is 5.91 Å².